The van der Waals surface area contributed by atoms with Gasteiger partial charge in [0.15, 0.2) is 5.54 Å². The van der Waals surface area contributed by atoms with Gasteiger partial charge >= 0.3 is 5.84 Å². The van der Waals surface area contributed by atoms with Crippen molar-refractivity contribution >= 4 is 29.4 Å². The van der Waals surface area contributed by atoms with E-state index < -0.39 is 11.1 Å². The van der Waals surface area contributed by atoms with E-state index in [1.165, 1.54) is 9.79 Å². The third kappa shape index (κ3) is 2.31. The molecule has 4 nitrogen and oxygen atoms in total. The largest absolute Gasteiger partial charge is 0.714 e. The highest BCUT2D eigenvalue weighted by Gasteiger charge is 2.59. The first-order valence-electron chi connectivity index (χ1n) is 8.14. The molecular formula is C19H19N2O2S2. The Kier molecular flexibility index (Phi) is 3.65. The summed E-state index contributed by atoms with van der Waals surface area (Å²) in [5, 5.41) is 26.6. The smallest absolute Gasteiger partial charge is 0.316 e. The van der Waals surface area contributed by atoms with E-state index in [0.29, 0.717) is 5.56 Å². The highest BCUT2D eigenvalue weighted by atomic mass is 32.2. The Hall–Kier alpha value is -1.63. The predicted molar refractivity (Wildman–Crippen MR) is 99.5 cm³/mol. The molecule has 2 heterocycles. The van der Waals surface area contributed by atoms with Gasteiger partial charge in [0.25, 0.3) is 0 Å². The summed E-state index contributed by atoms with van der Waals surface area (Å²) in [6, 6.07) is 14.1. The molecule has 0 N–H and O–H groups in total. The lowest BCUT2D eigenvalue weighted by atomic mass is 9.84. The highest BCUT2D eigenvalue weighted by molar-refractivity contribution is 8.05. The highest BCUT2D eigenvalue weighted by Crippen LogP contribution is 2.49. The number of hydrogen-bond donors (Lipinski definition) is 0. The van der Waals surface area contributed by atoms with E-state index in [1.807, 2.05) is 58.0 Å². The first kappa shape index (κ1) is 16.8. The summed E-state index contributed by atoms with van der Waals surface area (Å²) >= 11 is 3.40. The van der Waals surface area contributed by atoms with E-state index in [2.05, 4.69) is 12.1 Å². The van der Waals surface area contributed by atoms with Gasteiger partial charge in [0.05, 0.1) is 5.56 Å². The topological polar surface area (TPSA) is 49.2 Å². The van der Waals surface area contributed by atoms with Crippen LogP contribution in [0.2, 0.25) is 0 Å². The lowest BCUT2D eigenvalue weighted by Crippen LogP contribution is -2.53. The normalized spacial score (nSPS) is 20.4. The molecule has 0 atom stereocenters. The fraction of sp³-hybridized carbons (Fsp3) is 0.316. The lowest BCUT2D eigenvalue weighted by molar-refractivity contribution is -0.539. The first-order chi connectivity index (χ1) is 11.7. The van der Waals surface area contributed by atoms with Crippen LogP contribution in [-0.4, -0.2) is 26.7 Å². The molecular weight excluding hydrogens is 352 g/mol. The fourth-order valence-corrected chi connectivity index (χ4v) is 5.26. The van der Waals surface area contributed by atoms with E-state index >= 15 is 0 Å². The molecule has 4 rings (SSSR count). The Labute approximate surface area is 156 Å². The Morgan fingerprint density at radius 1 is 0.920 bits per heavy atom. The van der Waals surface area contributed by atoms with Crippen LogP contribution in [0.4, 0.5) is 0 Å². The summed E-state index contributed by atoms with van der Waals surface area (Å²) in [4.78, 5) is 4.67. The molecule has 2 aromatic carbocycles. The summed E-state index contributed by atoms with van der Waals surface area (Å²) in [6.45, 7) is 7.27. The molecule has 129 valence electrons. The maximum absolute atomic E-state index is 12.8. The van der Waals surface area contributed by atoms with Crippen molar-refractivity contribution in [1.82, 2.24) is 5.06 Å². The standard InChI is InChI=1S/C19H19N2O2S2/c1-18(2)19(3,4)21(23)17(20(18)22)12-9-10-15-16(11-12)25-14-8-6-5-7-13(14)24-15/h5-11H,1-4H3. The van der Waals surface area contributed by atoms with Crippen LogP contribution in [-0.2, 0) is 5.21 Å². The van der Waals surface area contributed by atoms with Crippen molar-refractivity contribution in [3.63, 3.8) is 0 Å². The van der Waals surface area contributed by atoms with Crippen LogP contribution in [0.1, 0.15) is 33.3 Å². The summed E-state index contributed by atoms with van der Waals surface area (Å²) < 4.78 is 0.871. The van der Waals surface area contributed by atoms with Crippen LogP contribution in [0.25, 0.3) is 0 Å². The van der Waals surface area contributed by atoms with Gasteiger partial charge in [-0.2, -0.15) is 0 Å². The molecule has 0 spiro atoms. The minimum absolute atomic E-state index is 0.197. The number of fused-ring (bicyclic) bond motifs is 2. The minimum Gasteiger partial charge on any atom is -0.714 e. The van der Waals surface area contributed by atoms with Gasteiger partial charge in [-0.25, -0.2) is 0 Å². The SMILES string of the molecule is CC1(C)N([O])C(c2ccc3c(c2)Sc2ccccc2S3)=[N+]([O-])C1(C)C. The van der Waals surface area contributed by atoms with Gasteiger partial charge in [-0.05, 0) is 58.0 Å². The van der Waals surface area contributed by atoms with Crippen molar-refractivity contribution in [1.29, 1.82) is 0 Å². The molecule has 0 fully saturated rings. The average molecular weight is 372 g/mol. The number of amidine groups is 1. The van der Waals surface area contributed by atoms with Crippen LogP contribution in [0.5, 0.6) is 0 Å². The number of nitrogens with zero attached hydrogens (tertiary/aromatic N) is 2. The predicted octanol–water partition coefficient (Wildman–Crippen LogP) is 4.78. The van der Waals surface area contributed by atoms with Crippen LogP contribution in [0.3, 0.4) is 0 Å². The monoisotopic (exact) mass is 371 g/mol. The molecule has 0 aliphatic carbocycles. The second kappa shape index (κ2) is 5.43. The van der Waals surface area contributed by atoms with Crippen LogP contribution in [0.15, 0.2) is 62.0 Å². The van der Waals surface area contributed by atoms with Crippen molar-refractivity contribution in [3.05, 3.63) is 53.2 Å². The van der Waals surface area contributed by atoms with E-state index in [9.17, 15) is 10.4 Å². The van der Waals surface area contributed by atoms with Crippen molar-refractivity contribution in [2.75, 3.05) is 0 Å². The second-order valence-electron chi connectivity index (χ2n) is 7.34. The third-order valence-corrected chi connectivity index (χ3v) is 7.93. The van der Waals surface area contributed by atoms with Crippen LogP contribution < -0.4 is 0 Å². The molecule has 1 radical (unpaired) electrons. The summed E-state index contributed by atoms with van der Waals surface area (Å²) in [5.74, 6) is 0.197. The molecule has 0 bridgehead atoms. The molecule has 2 aliphatic rings. The zero-order chi connectivity index (χ0) is 18.0. The second-order valence-corrected chi connectivity index (χ2v) is 9.51. The Morgan fingerprint density at radius 3 is 2.04 bits per heavy atom. The van der Waals surface area contributed by atoms with Gasteiger partial charge in [-0.3, -0.25) is 4.74 Å². The molecule has 0 unspecified atom stereocenters. The van der Waals surface area contributed by atoms with Gasteiger partial charge < -0.3 is 5.21 Å². The van der Waals surface area contributed by atoms with Crippen molar-refractivity contribution in [2.45, 2.75) is 58.4 Å². The Balaban J connectivity index is 1.79. The van der Waals surface area contributed by atoms with E-state index in [4.69, 9.17) is 0 Å². The molecule has 2 aliphatic heterocycles. The number of benzene rings is 2. The molecule has 0 amide bonds. The Morgan fingerprint density at radius 2 is 1.48 bits per heavy atom. The molecule has 0 saturated carbocycles. The van der Waals surface area contributed by atoms with Gasteiger partial charge in [0.1, 0.15) is 5.54 Å². The molecule has 25 heavy (non-hydrogen) atoms. The number of hydroxylamine groups is 3. The van der Waals surface area contributed by atoms with Crippen molar-refractivity contribution in [3.8, 4) is 0 Å². The number of rotatable bonds is 1. The van der Waals surface area contributed by atoms with E-state index in [-0.39, 0.29) is 5.84 Å². The fourth-order valence-electron chi connectivity index (χ4n) is 3.01. The average Bonchev–Trinajstić information content (AvgIpc) is 2.70. The van der Waals surface area contributed by atoms with Gasteiger partial charge in [-0.1, -0.05) is 40.7 Å². The molecule has 2 aromatic rings. The van der Waals surface area contributed by atoms with Gasteiger partial charge in [0.2, 0.25) is 0 Å². The van der Waals surface area contributed by atoms with Crippen molar-refractivity contribution < 1.29 is 9.95 Å². The van der Waals surface area contributed by atoms with Gasteiger partial charge in [0, 0.05) is 24.8 Å². The first-order valence-corrected chi connectivity index (χ1v) is 9.77. The zero-order valence-corrected chi connectivity index (χ0v) is 16.2. The van der Waals surface area contributed by atoms with Crippen molar-refractivity contribution in [2.24, 2.45) is 0 Å². The minimum atomic E-state index is -0.797. The quantitative estimate of drug-likeness (QED) is 0.456. The summed E-state index contributed by atoms with van der Waals surface area (Å²) in [6.07, 6.45) is 0. The lowest BCUT2D eigenvalue weighted by Gasteiger charge is -2.32. The van der Waals surface area contributed by atoms with Crippen LogP contribution >= 0.6 is 23.5 Å². The molecule has 0 aromatic heterocycles. The van der Waals surface area contributed by atoms with E-state index in [0.717, 1.165) is 19.6 Å². The molecule has 6 heteroatoms. The maximum Gasteiger partial charge on any atom is 0.316 e. The van der Waals surface area contributed by atoms with Crippen LogP contribution in [0, 0.1) is 5.21 Å². The van der Waals surface area contributed by atoms with Gasteiger partial charge in [-0.15, -0.1) is 0 Å². The van der Waals surface area contributed by atoms with E-state index in [1.54, 1.807) is 23.5 Å². The zero-order valence-electron chi connectivity index (χ0n) is 14.6. The Bertz CT molecular complexity index is 906. The number of hydrogen-bond acceptors (Lipinski definition) is 4. The molecule has 0 saturated heterocycles. The third-order valence-electron chi connectivity index (χ3n) is 5.39. The summed E-state index contributed by atoms with van der Waals surface area (Å²) in [5.41, 5.74) is -0.918. The maximum atomic E-state index is 12.8. The summed E-state index contributed by atoms with van der Waals surface area (Å²) in [7, 11) is 0.